The summed E-state index contributed by atoms with van der Waals surface area (Å²) in [6, 6.07) is 14.8. The lowest BCUT2D eigenvalue weighted by Crippen LogP contribution is -2.28. The third-order valence-electron chi connectivity index (χ3n) is 4.39. The Morgan fingerprint density at radius 2 is 1.86 bits per heavy atom. The molecular weight excluding hydrogens is 390 g/mol. The van der Waals surface area contributed by atoms with E-state index in [2.05, 4.69) is 10.1 Å². The zero-order valence-electron chi connectivity index (χ0n) is 15.8. The number of nitrogens with zero attached hydrogens (tertiary/aromatic N) is 3. The van der Waals surface area contributed by atoms with Crippen LogP contribution in [0.5, 0.6) is 11.5 Å². The van der Waals surface area contributed by atoms with Crippen molar-refractivity contribution in [2.45, 2.75) is 6.42 Å². The first kappa shape index (κ1) is 18.8. The van der Waals surface area contributed by atoms with Gasteiger partial charge in [-0.3, -0.25) is 9.59 Å². The molecule has 4 rings (SSSR count). The van der Waals surface area contributed by atoms with Crippen molar-refractivity contribution in [3.63, 3.8) is 0 Å². The molecule has 0 aliphatic heterocycles. The summed E-state index contributed by atoms with van der Waals surface area (Å²) in [6.45, 7) is 0. The Bertz CT molecular complexity index is 1350. The van der Waals surface area contributed by atoms with Gasteiger partial charge in [0.2, 0.25) is 4.96 Å². The van der Waals surface area contributed by atoms with Gasteiger partial charge in [-0.15, -0.1) is 0 Å². The van der Waals surface area contributed by atoms with E-state index in [1.165, 1.54) is 4.52 Å². The van der Waals surface area contributed by atoms with Gasteiger partial charge in [0.1, 0.15) is 17.2 Å². The molecule has 2 aromatic carbocycles. The van der Waals surface area contributed by atoms with Crippen molar-refractivity contribution in [1.29, 1.82) is 0 Å². The van der Waals surface area contributed by atoms with Gasteiger partial charge in [0.15, 0.2) is 0 Å². The number of ether oxygens (including phenoxy) is 2. The van der Waals surface area contributed by atoms with Gasteiger partial charge in [0.25, 0.3) is 11.1 Å². The topological polar surface area (TPSA) is 82.8 Å². The van der Waals surface area contributed by atoms with Crippen molar-refractivity contribution in [2.24, 2.45) is 0 Å². The SMILES string of the molecule is COc1ccc(/C=c2\sc3nc(=O)c(Cc4ccccc4)nn3c2=O)c(OC)c1. The summed E-state index contributed by atoms with van der Waals surface area (Å²) in [5.41, 5.74) is 1.12. The summed E-state index contributed by atoms with van der Waals surface area (Å²) in [5, 5.41) is 4.27. The zero-order valence-corrected chi connectivity index (χ0v) is 16.6. The Labute approximate surface area is 169 Å². The smallest absolute Gasteiger partial charge is 0.296 e. The fraction of sp³-hybridized carbons (Fsp3) is 0.143. The summed E-state index contributed by atoms with van der Waals surface area (Å²) in [4.78, 5) is 29.5. The van der Waals surface area contributed by atoms with Crippen molar-refractivity contribution >= 4 is 22.4 Å². The van der Waals surface area contributed by atoms with E-state index in [1.54, 1.807) is 38.5 Å². The molecule has 0 N–H and O–H groups in total. The molecule has 7 nitrogen and oxygen atoms in total. The van der Waals surface area contributed by atoms with Crippen LogP contribution >= 0.6 is 11.3 Å². The van der Waals surface area contributed by atoms with Crippen LogP contribution in [0.1, 0.15) is 16.8 Å². The lowest BCUT2D eigenvalue weighted by molar-refractivity contribution is 0.393. The number of thiazole rings is 1. The van der Waals surface area contributed by atoms with Crippen LogP contribution in [-0.2, 0) is 6.42 Å². The molecule has 8 heteroatoms. The van der Waals surface area contributed by atoms with Crippen LogP contribution in [0.15, 0.2) is 58.1 Å². The Kier molecular flexibility index (Phi) is 5.09. The fourth-order valence-corrected chi connectivity index (χ4v) is 3.82. The molecule has 0 unspecified atom stereocenters. The molecular formula is C21H17N3O4S. The van der Waals surface area contributed by atoms with Crippen LogP contribution in [-0.4, -0.2) is 28.8 Å². The zero-order chi connectivity index (χ0) is 20.4. The second-order valence-electron chi connectivity index (χ2n) is 6.24. The third-order valence-corrected chi connectivity index (χ3v) is 5.35. The number of fused-ring (bicyclic) bond motifs is 1. The van der Waals surface area contributed by atoms with Crippen LogP contribution in [0, 0.1) is 0 Å². The van der Waals surface area contributed by atoms with Crippen LogP contribution in [0.3, 0.4) is 0 Å². The number of benzene rings is 2. The highest BCUT2D eigenvalue weighted by atomic mass is 32.1. The van der Waals surface area contributed by atoms with E-state index in [4.69, 9.17) is 9.47 Å². The summed E-state index contributed by atoms with van der Waals surface area (Å²) in [7, 11) is 3.12. The van der Waals surface area contributed by atoms with Gasteiger partial charge in [-0.25, -0.2) is 0 Å². The molecule has 29 heavy (non-hydrogen) atoms. The first-order valence-corrected chi connectivity index (χ1v) is 9.61. The van der Waals surface area contributed by atoms with Crippen LogP contribution < -0.4 is 25.1 Å². The quantitative estimate of drug-likeness (QED) is 0.501. The van der Waals surface area contributed by atoms with Gasteiger partial charge >= 0.3 is 0 Å². The third kappa shape index (κ3) is 3.74. The van der Waals surface area contributed by atoms with Crippen molar-refractivity contribution in [3.8, 4) is 11.5 Å². The minimum absolute atomic E-state index is 0.233. The van der Waals surface area contributed by atoms with Gasteiger partial charge in [-0.2, -0.15) is 14.6 Å². The van der Waals surface area contributed by atoms with Gasteiger partial charge in [0, 0.05) is 18.1 Å². The normalized spacial score (nSPS) is 11.7. The van der Waals surface area contributed by atoms with Crippen LogP contribution in [0.4, 0.5) is 0 Å². The number of hydrogen-bond donors (Lipinski definition) is 0. The molecule has 2 heterocycles. The molecule has 0 atom stereocenters. The molecule has 2 aromatic heterocycles. The van der Waals surface area contributed by atoms with Gasteiger partial charge in [-0.05, 0) is 23.8 Å². The van der Waals surface area contributed by atoms with E-state index >= 15 is 0 Å². The fourth-order valence-electron chi connectivity index (χ4n) is 2.92. The van der Waals surface area contributed by atoms with Crippen molar-refractivity contribution in [2.75, 3.05) is 14.2 Å². The second-order valence-corrected chi connectivity index (χ2v) is 7.25. The van der Waals surface area contributed by atoms with E-state index in [-0.39, 0.29) is 16.2 Å². The second kappa shape index (κ2) is 7.84. The maximum absolute atomic E-state index is 12.8. The summed E-state index contributed by atoms with van der Waals surface area (Å²) in [6.07, 6.45) is 2.01. The first-order chi connectivity index (χ1) is 14.1. The highest BCUT2D eigenvalue weighted by Gasteiger charge is 2.12. The number of rotatable bonds is 5. The largest absolute Gasteiger partial charge is 0.497 e. The Balaban J connectivity index is 1.82. The van der Waals surface area contributed by atoms with Crippen LogP contribution in [0.25, 0.3) is 11.0 Å². The summed E-state index contributed by atoms with van der Waals surface area (Å²) >= 11 is 1.11. The number of hydrogen-bond acceptors (Lipinski definition) is 7. The Morgan fingerprint density at radius 1 is 1.07 bits per heavy atom. The van der Waals surface area contributed by atoms with Crippen LogP contribution in [0.2, 0.25) is 0 Å². The summed E-state index contributed by atoms with van der Waals surface area (Å²) in [5.74, 6) is 1.22. The molecule has 0 aliphatic rings. The van der Waals surface area contributed by atoms with Gasteiger partial charge < -0.3 is 9.47 Å². The van der Waals surface area contributed by atoms with Gasteiger partial charge in [-0.1, -0.05) is 41.7 Å². The molecule has 0 radical (unpaired) electrons. The highest BCUT2D eigenvalue weighted by molar-refractivity contribution is 7.15. The Hall–Kier alpha value is -3.52. The molecule has 146 valence electrons. The van der Waals surface area contributed by atoms with Crippen molar-refractivity contribution < 1.29 is 9.47 Å². The maximum atomic E-state index is 12.8. The number of aromatic nitrogens is 3. The Morgan fingerprint density at radius 3 is 2.59 bits per heavy atom. The van der Waals surface area contributed by atoms with E-state index in [0.717, 1.165) is 16.9 Å². The van der Waals surface area contributed by atoms with Crippen molar-refractivity contribution in [1.82, 2.24) is 14.6 Å². The molecule has 4 aromatic rings. The molecule has 0 spiro atoms. The minimum Gasteiger partial charge on any atom is -0.497 e. The molecule has 0 saturated heterocycles. The lowest BCUT2D eigenvalue weighted by Gasteiger charge is -2.06. The average molecular weight is 407 g/mol. The predicted octanol–water partition coefficient (Wildman–Crippen LogP) is 1.67. The lowest BCUT2D eigenvalue weighted by atomic mass is 10.1. The minimum atomic E-state index is -0.427. The molecule has 0 fully saturated rings. The standard InChI is InChI=1S/C21H17N3O4S/c1-27-15-9-8-14(17(12-15)28-2)11-18-20(26)24-21(29-18)22-19(25)16(23-24)10-13-6-4-3-5-7-13/h3-9,11-12H,10H2,1-2H3/b18-11-. The molecule has 0 amide bonds. The first-order valence-electron chi connectivity index (χ1n) is 8.79. The van der Waals surface area contributed by atoms with E-state index in [0.29, 0.717) is 28.0 Å². The van der Waals surface area contributed by atoms with E-state index < -0.39 is 5.56 Å². The molecule has 0 saturated carbocycles. The van der Waals surface area contributed by atoms with Crippen molar-refractivity contribution in [3.05, 3.63) is 90.6 Å². The predicted molar refractivity (Wildman–Crippen MR) is 111 cm³/mol. The van der Waals surface area contributed by atoms with Gasteiger partial charge in [0.05, 0.1) is 18.8 Å². The molecule has 0 bridgehead atoms. The monoisotopic (exact) mass is 407 g/mol. The highest BCUT2D eigenvalue weighted by Crippen LogP contribution is 2.25. The van der Waals surface area contributed by atoms with E-state index in [9.17, 15) is 9.59 Å². The van der Waals surface area contributed by atoms with E-state index in [1.807, 2.05) is 30.3 Å². The maximum Gasteiger partial charge on any atom is 0.296 e. The summed E-state index contributed by atoms with van der Waals surface area (Å²) < 4.78 is 12.2. The average Bonchev–Trinajstić information content (AvgIpc) is 3.04. The number of methoxy groups -OCH3 is 2. The molecule has 0 aliphatic carbocycles.